The van der Waals surface area contributed by atoms with Gasteiger partial charge in [-0.05, 0) is 19.4 Å². The van der Waals surface area contributed by atoms with E-state index in [0.29, 0.717) is 0 Å². The molecule has 0 bridgehead atoms. The second-order valence-electron chi connectivity index (χ2n) is 3.37. The lowest BCUT2D eigenvalue weighted by molar-refractivity contribution is 0.603. The van der Waals surface area contributed by atoms with E-state index in [0.717, 1.165) is 19.4 Å². The van der Waals surface area contributed by atoms with Crippen LogP contribution in [0.15, 0.2) is 0 Å². The molecule has 0 spiro atoms. The van der Waals surface area contributed by atoms with Gasteiger partial charge in [-0.3, -0.25) is 0 Å². The Kier molecular flexibility index (Phi) is 17.7. The third-order valence-electron chi connectivity index (χ3n) is 2.06. The maximum Gasteiger partial charge on any atom is 0.00886 e. The molecular formula is C12H24ClN. The van der Waals surface area contributed by atoms with Gasteiger partial charge in [0, 0.05) is 12.8 Å². The fraction of sp³-hybridized carbons (Fsp3) is 0.833. The highest BCUT2D eigenvalue weighted by molar-refractivity contribution is 5.85. The molecule has 0 unspecified atom stereocenters. The van der Waals surface area contributed by atoms with Crippen LogP contribution in [0.2, 0.25) is 0 Å². The molecule has 2 N–H and O–H groups in total. The molecular weight excluding hydrogens is 194 g/mol. The van der Waals surface area contributed by atoms with Crippen molar-refractivity contribution in [2.75, 3.05) is 6.54 Å². The van der Waals surface area contributed by atoms with Crippen molar-refractivity contribution < 1.29 is 0 Å². The lowest BCUT2D eigenvalue weighted by Gasteiger charge is -1.97. The van der Waals surface area contributed by atoms with Crippen LogP contribution in [-0.2, 0) is 0 Å². The first-order valence-corrected chi connectivity index (χ1v) is 5.57. The van der Waals surface area contributed by atoms with Crippen LogP contribution in [0, 0.1) is 11.8 Å². The first-order chi connectivity index (χ1) is 6.41. The number of rotatable bonds is 7. The van der Waals surface area contributed by atoms with Crippen LogP contribution in [0.4, 0.5) is 0 Å². The molecule has 0 aromatic rings. The normalized spacial score (nSPS) is 8.71. The number of hydrogen-bond acceptors (Lipinski definition) is 1. The number of halogens is 1. The summed E-state index contributed by atoms with van der Waals surface area (Å²) in [5, 5.41) is 0. The zero-order valence-electron chi connectivity index (χ0n) is 9.35. The lowest BCUT2D eigenvalue weighted by Crippen LogP contribution is -1.97. The molecule has 0 aliphatic heterocycles. The summed E-state index contributed by atoms with van der Waals surface area (Å²) in [7, 11) is 0. The summed E-state index contributed by atoms with van der Waals surface area (Å²) in [6, 6.07) is 0. The minimum atomic E-state index is 0. The molecule has 0 aromatic carbocycles. The number of nitrogens with two attached hydrogens (primary N) is 1. The van der Waals surface area contributed by atoms with Gasteiger partial charge in [-0.2, -0.15) is 0 Å². The molecule has 14 heavy (non-hydrogen) atoms. The van der Waals surface area contributed by atoms with Gasteiger partial charge in [0.25, 0.3) is 0 Å². The Morgan fingerprint density at radius 3 is 2.00 bits per heavy atom. The summed E-state index contributed by atoms with van der Waals surface area (Å²) >= 11 is 0. The Morgan fingerprint density at radius 1 is 0.857 bits per heavy atom. The van der Waals surface area contributed by atoms with Crippen LogP contribution in [0.5, 0.6) is 0 Å². The Hall–Kier alpha value is -0.190. The molecule has 2 heteroatoms. The van der Waals surface area contributed by atoms with E-state index >= 15 is 0 Å². The van der Waals surface area contributed by atoms with E-state index in [9.17, 15) is 0 Å². The topological polar surface area (TPSA) is 26.0 Å². The molecule has 0 saturated heterocycles. The minimum Gasteiger partial charge on any atom is -0.330 e. The average molecular weight is 218 g/mol. The lowest BCUT2D eigenvalue weighted by atomic mass is 10.1. The Morgan fingerprint density at radius 2 is 1.43 bits per heavy atom. The van der Waals surface area contributed by atoms with Gasteiger partial charge in [-0.15, -0.1) is 24.2 Å². The third-order valence-corrected chi connectivity index (χ3v) is 2.06. The first-order valence-electron chi connectivity index (χ1n) is 5.57. The van der Waals surface area contributed by atoms with Crippen LogP contribution in [-0.4, -0.2) is 6.54 Å². The third kappa shape index (κ3) is 14.3. The smallest absolute Gasteiger partial charge is 0.00886 e. The number of hydrogen-bond donors (Lipinski definition) is 1. The second kappa shape index (κ2) is 15.3. The van der Waals surface area contributed by atoms with Crippen LogP contribution in [0.3, 0.4) is 0 Å². The van der Waals surface area contributed by atoms with Gasteiger partial charge in [0.1, 0.15) is 0 Å². The monoisotopic (exact) mass is 217 g/mol. The minimum absolute atomic E-state index is 0. The molecule has 0 fully saturated rings. The van der Waals surface area contributed by atoms with Gasteiger partial charge in [0.15, 0.2) is 0 Å². The van der Waals surface area contributed by atoms with Gasteiger partial charge in [0.05, 0.1) is 0 Å². The summed E-state index contributed by atoms with van der Waals surface area (Å²) in [4.78, 5) is 0. The largest absolute Gasteiger partial charge is 0.330 e. The van der Waals surface area contributed by atoms with Crippen molar-refractivity contribution in [2.45, 2.75) is 58.3 Å². The summed E-state index contributed by atoms with van der Waals surface area (Å²) in [5.41, 5.74) is 5.41. The molecule has 0 aliphatic rings. The molecule has 0 amide bonds. The fourth-order valence-corrected chi connectivity index (χ4v) is 1.28. The van der Waals surface area contributed by atoms with E-state index in [1.165, 1.54) is 38.5 Å². The predicted molar refractivity (Wildman–Crippen MR) is 66.7 cm³/mol. The van der Waals surface area contributed by atoms with Crippen LogP contribution >= 0.6 is 12.4 Å². The van der Waals surface area contributed by atoms with Gasteiger partial charge < -0.3 is 5.73 Å². The fourth-order valence-electron chi connectivity index (χ4n) is 1.28. The van der Waals surface area contributed by atoms with E-state index in [4.69, 9.17) is 5.73 Å². The molecule has 0 rings (SSSR count). The Balaban J connectivity index is 0. The van der Waals surface area contributed by atoms with Crippen molar-refractivity contribution in [1.29, 1.82) is 0 Å². The van der Waals surface area contributed by atoms with Crippen LogP contribution < -0.4 is 5.73 Å². The second-order valence-corrected chi connectivity index (χ2v) is 3.37. The zero-order chi connectivity index (χ0) is 9.78. The highest BCUT2D eigenvalue weighted by Crippen LogP contribution is 2.05. The zero-order valence-corrected chi connectivity index (χ0v) is 10.2. The molecule has 0 radical (unpaired) electrons. The molecule has 1 nitrogen and oxygen atoms in total. The van der Waals surface area contributed by atoms with Crippen LogP contribution in [0.1, 0.15) is 58.3 Å². The van der Waals surface area contributed by atoms with Gasteiger partial charge in [-0.1, -0.05) is 32.6 Å². The van der Waals surface area contributed by atoms with E-state index in [-0.39, 0.29) is 12.4 Å². The average Bonchev–Trinajstić information content (AvgIpc) is 2.16. The molecule has 0 aromatic heterocycles. The van der Waals surface area contributed by atoms with Crippen molar-refractivity contribution in [3.05, 3.63) is 0 Å². The molecule has 0 aliphatic carbocycles. The SMILES string of the molecule is CCC#CCCCCCCCCN.Cl. The summed E-state index contributed by atoms with van der Waals surface area (Å²) in [6.07, 6.45) is 9.89. The van der Waals surface area contributed by atoms with E-state index < -0.39 is 0 Å². The Labute approximate surface area is 95.2 Å². The van der Waals surface area contributed by atoms with Crippen molar-refractivity contribution in [3.63, 3.8) is 0 Å². The first kappa shape index (κ1) is 16.2. The molecule has 0 saturated carbocycles. The number of unbranched alkanes of at least 4 members (excludes halogenated alkanes) is 6. The van der Waals surface area contributed by atoms with E-state index in [1.54, 1.807) is 0 Å². The van der Waals surface area contributed by atoms with Gasteiger partial charge in [0.2, 0.25) is 0 Å². The van der Waals surface area contributed by atoms with Crippen molar-refractivity contribution in [3.8, 4) is 11.8 Å². The maximum atomic E-state index is 5.41. The standard InChI is InChI=1S/C12H23N.ClH/c1-2-3-4-5-6-7-8-9-10-11-12-13;/h2,5-13H2,1H3;1H. The van der Waals surface area contributed by atoms with E-state index in [2.05, 4.69) is 18.8 Å². The molecule has 0 heterocycles. The summed E-state index contributed by atoms with van der Waals surface area (Å²) in [6.45, 7) is 2.95. The predicted octanol–water partition coefficient (Wildman–Crippen LogP) is 3.51. The summed E-state index contributed by atoms with van der Waals surface area (Å²) < 4.78 is 0. The van der Waals surface area contributed by atoms with Crippen molar-refractivity contribution in [2.24, 2.45) is 5.73 Å². The highest BCUT2D eigenvalue weighted by Gasteiger charge is 1.88. The van der Waals surface area contributed by atoms with Crippen molar-refractivity contribution >= 4 is 12.4 Å². The quantitative estimate of drug-likeness (QED) is 0.513. The molecule has 84 valence electrons. The maximum absolute atomic E-state index is 5.41. The van der Waals surface area contributed by atoms with E-state index in [1.807, 2.05) is 0 Å². The summed E-state index contributed by atoms with van der Waals surface area (Å²) in [5.74, 6) is 6.26. The van der Waals surface area contributed by atoms with Gasteiger partial charge >= 0.3 is 0 Å². The molecule has 0 atom stereocenters. The Bertz CT molecular complexity index is 146. The van der Waals surface area contributed by atoms with Crippen LogP contribution in [0.25, 0.3) is 0 Å². The highest BCUT2D eigenvalue weighted by atomic mass is 35.5. The van der Waals surface area contributed by atoms with Gasteiger partial charge in [-0.25, -0.2) is 0 Å². The van der Waals surface area contributed by atoms with Crippen molar-refractivity contribution in [1.82, 2.24) is 0 Å².